The molecule has 3 aromatic rings. The summed E-state index contributed by atoms with van der Waals surface area (Å²) >= 11 is 0. The number of likely N-dealkylation sites (N-methyl/N-ethyl adjacent to an activating group) is 1. The lowest BCUT2D eigenvalue weighted by atomic mass is 9.92. The number of carbonyl (C=O) groups excluding carboxylic acids is 1. The highest BCUT2D eigenvalue weighted by atomic mass is 16.5. The Labute approximate surface area is 146 Å². The second-order valence-electron chi connectivity index (χ2n) is 6.30. The Bertz CT molecular complexity index is 902. The second kappa shape index (κ2) is 6.61. The first-order valence-corrected chi connectivity index (χ1v) is 8.50. The number of hydrogen-bond acceptors (Lipinski definition) is 3. The average Bonchev–Trinajstić information content (AvgIpc) is 3.04. The van der Waals surface area contributed by atoms with E-state index < -0.39 is 0 Å². The molecule has 0 unspecified atom stereocenters. The van der Waals surface area contributed by atoms with Crippen molar-refractivity contribution in [3.8, 4) is 5.75 Å². The van der Waals surface area contributed by atoms with Gasteiger partial charge in [-0.15, -0.1) is 0 Å². The molecule has 4 rings (SSSR count). The topological polar surface area (TPSA) is 66.2 Å². The van der Waals surface area contributed by atoms with Crippen molar-refractivity contribution in [2.24, 2.45) is 0 Å². The molecule has 5 nitrogen and oxygen atoms in total. The molecule has 3 N–H and O–H groups in total. The number of fused-ring (bicyclic) bond motifs is 3. The Kier molecular flexibility index (Phi) is 4.15. The summed E-state index contributed by atoms with van der Waals surface area (Å²) in [6, 6.07) is 16.1. The van der Waals surface area contributed by atoms with Crippen LogP contribution in [0, 0.1) is 0 Å². The maximum absolute atomic E-state index is 12.3. The molecule has 5 heteroatoms. The number of nitrogens with one attached hydrogen (secondary N) is 3. The van der Waals surface area contributed by atoms with Crippen LogP contribution in [-0.2, 0) is 17.9 Å². The van der Waals surface area contributed by atoms with E-state index in [1.807, 2.05) is 48.5 Å². The van der Waals surface area contributed by atoms with Gasteiger partial charge in [-0.3, -0.25) is 4.79 Å². The maximum atomic E-state index is 12.3. The molecule has 1 amide bonds. The number of hydrogen-bond donors (Lipinski definition) is 3. The number of ether oxygens (including phenoxy) is 1. The van der Waals surface area contributed by atoms with Crippen LogP contribution in [0.1, 0.15) is 22.7 Å². The number of benzene rings is 2. The summed E-state index contributed by atoms with van der Waals surface area (Å²) in [6.07, 6.45) is 0. The summed E-state index contributed by atoms with van der Waals surface area (Å²) in [5.41, 5.74) is 4.33. The summed E-state index contributed by atoms with van der Waals surface area (Å²) in [4.78, 5) is 15.7. The summed E-state index contributed by atoms with van der Waals surface area (Å²) < 4.78 is 5.95. The zero-order valence-corrected chi connectivity index (χ0v) is 14.1. The molecular formula is C20H21N3O2. The van der Waals surface area contributed by atoms with Gasteiger partial charge in [0.2, 0.25) is 5.91 Å². The van der Waals surface area contributed by atoms with Gasteiger partial charge in [0.1, 0.15) is 12.4 Å². The maximum Gasteiger partial charge on any atom is 0.228 e. The normalized spacial score (nSPS) is 16.4. The minimum absolute atomic E-state index is 0.0324. The molecule has 0 saturated heterocycles. The Balaban J connectivity index is 1.67. The van der Waals surface area contributed by atoms with Gasteiger partial charge in [-0.2, -0.15) is 0 Å². The molecule has 0 bridgehead atoms. The van der Waals surface area contributed by atoms with Crippen LogP contribution in [0.15, 0.2) is 48.5 Å². The SMILES string of the molecule is CNC(=O)[C@@H]1CNCc2[nH]c3ccc(OCc4ccccc4)cc3c21. The van der Waals surface area contributed by atoms with Gasteiger partial charge in [-0.1, -0.05) is 30.3 Å². The van der Waals surface area contributed by atoms with E-state index in [4.69, 9.17) is 4.74 Å². The molecule has 2 heterocycles. The third-order valence-electron chi connectivity index (χ3n) is 4.70. The fourth-order valence-corrected chi connectivity index (χ4v) is 3.46. The van der Waals surface area contributed by atoms with Crippen molar-refractivity contribution in [2.45, 2.75) is 19.1 Å². The van der Waals surface area contributed by atoms with E-state index in [-0.39, 0.29) is 11.8 Å². The molecule has 1 atom stereocenters. The van der Waals surface area contributed by atoms with Crippen molar-refractivity contribution in [3.63, 3.8) is 0 Å². The van der Waals surface area contributed by atoms with E-state index in [1.165, 1.54) is 0 Å². The van der Waals surface area contributed by atoms with Crippen LogP contribution >= 0.6 is 0 Å². The van der Waals surface area contributed by atoms with Gasteiger partial charge in [-0.05, 0) is 29.3 Å². The van der Waals surface area contributed by atoms with Crippen molar-refractivity contribution in [3.05, 3.63) is 65.4 Å². The molecule has 1 aromatic heterocycles. The molecule has 2 aromatic carbocycles. The predicted octanol–water partition coefficient (Wildman–Crippen LogP) is 2.68. The molecule has 0 saturated carbocycles. The Hall–Kier alpha value is -2.79. The van der Waals surface area contributed by atoms with Gasteiger partial charge >= 0.3 is 0 Å². The molecule has 1 aliphatic heterocycles. The monoisotopic (exact) mass is 335 g/mol. The molecule has 0 spiro atoms. The highest BCUT2D eigenvalue weighted by Crippen LogP contribution is 2.34. The smallest absolute Gasteiger partial charge is 0.228 e. The number of rotatable bonds is 4. The van der Waals surface area contributed by atoms with E-state index in [0.29, 0.717) is 13.2 Å². The number of aromatic nitrogens is 1. The van der Waals surface area contributed by atoms with Crippen molar-refractivity contribution in [2.75, 3.05) is 13.6 Å². The first-order chi connectivity index (χ1) is 12.3. The first kappa shape index (κ1) is 15.7. The van der Waals surface area contributed by atoms with Gasteiger partial charge in [-0.25, -0.2) is 0 Å². The summed E-state index contributed by atoms with van der Waals surface area (Å²) in [5, 5.41) is 7.14. The summed E-state index contributed by atoms with van der Waals surface area (Å²) in [7, 11) is 1.68. The van der Waals surface area contributed by atoms with Crippen LogP contribution < -0.4 is 15.4 Å². The summed E-state index contributed by atoms with van der Waals surface area (Å²) in [6.45, 7) is 1.92. The lowest BCUT2D eigenvalue weighted by molar-refractivity contribution is -0.122. The largest absolute Gasteiger partial charge is 0.489 e. The van der Waals surface area contributed by atoms with Crippen LogP contribution in [0.3, 0.4) is 0 Å². The molecule has 0 fully saturated rings. The number of amides is 1. The van der Waals surface area contributed by atoms with Crippen LogP contribution in [-0.4, -0.2) is 24.5 Å². The number of aromatic amines is 1. The zero-order valence-electron chi connectivity index (χ0n) is 14.1. The van der Waals surface area contributed by atoms with Crippen molar-refractivity contribution >= 4 is 16.8 Å². The third-order valence-corrected chi connectivity index (χ3v) is 4.70. The van der Waals surface area contributed by atoms with E-state index in [9.17, 15) is 4.79 Å². The zero-order chi connectivity index (χ0) is 17.2. The van der Waals surface area contributed by atoms with E-state index >= 15 is 0 Å². The Morgan fingerprint density at radius 2 is 2.08 bits per heavy atom. The van der Waals surface area contributed by atoms with Gasteiger partial charge in [0.05, 0.1) is 5.92 Å². The molecule has 128 valence electrons. The van der Waals surface area contributed by atoms with E-state index in [1.54, 1.807) is 7.05 Å². The molecule has 1 aliphatic rings. The molecular weight excluding hydrogens is 314 g/mol. The second-order valence-corrected chi connectivity index (χ2v) is 6.30. The van der Waals surface area contributed by atoms with E-state index in [0.717, 1.165) is 40.0 Å². The predicted molar refractivity (Wildman–Crippen MR) is 97.6 cm³/mol. The van der Waals surface area contributed by atoms with Crippen LogP contribution in [0.5, 0.6) is 5.75 Å². The number of H-pyrrole nitrogens is 1. The minimum Gasteiger partial charge on any atom is -0.489 e. The van der Waals surface area contributed by atoms with Gasteiger partial charge in [0, 0.05) is 36.7 Å². The average molecular weight is 335 g/mol. The molecule has 25 heavy (non-hydrogen) atoms. The van der Waals surface area contributed by atoms with Crippen LogP contribution in [0.4, 0.5) is 0 Å². The summed E-state index contributed by atoms with van der Waals surface area (Å²) in [5.74, 6) is 0.657. The lowest BCUT2D eigenvalue weighted by Crippen LogP contribution is -2.37. The first-order valence-electron chi connectivity index (χ1n) is 8.50. The fourth-order valence-electron chi connectivity index (χ4n) is 3.46. The quantitative estimate of drug-likeness (QED) is 0.687. The van der Waals surface area contributed by atoms with Crippen molar-refractivity contribution in [1.82, 2.24) is 15.6 Å². The van der Waals surface area contributed by atoms with Gasteiger partial charge < -0.3 is 20.4 Å². The molecule has 0 aliphatic carbocycles. The van der Waals surface area contributed by atoms with E-state index in [2.05, 4.69) is 15.6 Å². The van der Waals surface area contributed by atoms with Crippen LogP contribution in [0.2, 0.25) is 0 Å². The van der Waals surface area contributed by atoms with Crippen molar-refractivity contribution in [1.29, 1.82) is 0 Å². The van der Waals surface area contributed by atoms with Crippen molar-refractivity contribution < 1.29 is 9.53 Å². The number of carbonyl (C=O) groups is 1. The highest BCUT2D eigenvalue weighted by molar-refractivity contribution is 5.94. The van der Waals surface area contributed by atoms with Crippen LogP contribution in [0.25, 0.3) is 10.9 Å². The van der Waals surface area contributed by atoms with Gasteiger partial charge in [0.15, 0.2) is 0 Å². The van der Waals surface area contributed by atoms with Gasteiger partial charge in [0.25, 0.3) is 0 Å². The standard InChI is InChI=1S/C20H21N3O2/c1-21-20(24)16-10-22-11-18-19(16)15-9-14(7-8-17(15)23-18)25-12-13-5-3-2-4-6-13/h2-9,16,22-23H,10-12H2,1H3,(H,21,24)/t16-/m1/s1. The minimum atomic E-state index is -0.188. The Morgan fingerprint density at radius 1 is 1.24 bits per heavy atom. The molecule has 0 radical (unpaired) electrons. The lowest BCUT2D eigenvalue weighted by Gasteiger charge is -2.22. The third kappa shape index (κ3) is 2.98. The fraction of sp³-hybridized carbons (Fsp3) is 0.250. The highest BCUT2D eigenvalue weighted by Gasteiger charge is 2.29. The Morgan fingerprint density at radius 3 is 2.88 bits per heavy atom.